The number of anilines is 3. The maximum atomic E-state index is 9.09. The molecule has 0 radical (unpaired) electrons. The van der Waals surface area contributed by atoms with Gasteiger partial charge in [0.05, 0.1) is 11.3 Å². The molecule has 0 aliphatic carbocycles. The summed E-state index contributed by atoms with van der Waals surface area (Å²) in [7, 11) is 0. The fraction of sp³-hybridized carbons (Fsp3) is 0.143. The van der Waals surface area contributed by atoms with Crippen molar-refractivity contribution in [3.63, 3.8) is 0 Å². The molecular weight excluding hydrogens is 304 g/mol. The zero-order valence-electron chi connectivity index (χ0n) is 10.4. The van der Waals surface area contributed by atoms with E-state index in [0.717, 1.165) is 22.5 Å². The monoisotopic (exact) mass is 316 g/mol. The van der Waals surface area contributed by atoms with Crippen LogP contribution in [0.3, 0.4) is 0 Å². The zero-order valence-corrected chi connectivity index (χ0v) is 12.0. The first-order valence-electron chi connectivity index (χ1n) is 5.90. The minimum Gasteiger partial charge on any atom is -0.370 e. The van der Waals surface area contributed by atoms with Crippen LogP contribution in [-0.4, -0.2) is 11.5 Å². The molecule has 0 saturated heterocycles. The summed E-state index contributed by atoms with van der Waals surface area (Å²) in [6.45, 7) is 2.83. The third-order valence-corrected chi connectivity index (χ3v) is 2.97. The summed E-state index contributed by atoms with van der Waals surface area (Å²) in [6, 6.07) is 13.3. The van der Waals surface area contributed by atoms with E-state index in [9.17, 15) is 0 Å². The molecule has 1 heterocycles. The van der Waals surface area contributed by atoms with Gasteiger partial charge in [-0.15, -0.1) is 0 Å². The second-order valence-electron chi connectivity index (χ2n) is 3.87. The van der Waals surface area contributed by atoms with Crippen molar-refractivity contribution in [2.24, 2.45) is 0 Å². The van der Waals surface area contributed by atoms with E-state index >= 15 is 0 Å². The van der Waals surface area contributed by atoms with E-state index < -0.39 is 0 Å². The van der Waals surface area contributed by atoms with Crippen LogP contribution in [0, 0.1) is 11.3 Å². The van der Waals surface area contributed by atoms with Gasteiger partial charge in [0.1, 0.15) is 17.7 Å². The largest absolute Gasteiger partial charge is 0.370 e. The topological polar surface area (TPSA) is 60.7 Å². The Bertz CT molecular complexity index is 619. The summed E-state index contributed by atoms with van der Waals surface area (Å²) in [5.74, 6) is 1.51. The number of benzene rings is 1. The molecular formula is C14H13BrN4. The van der Waals surface area contributed by atoms with Crippen LogP contribution < -0.4 is 10.6 Å². The molecule has 5 heteroatoms. The van der Waals surface area contributed by atoms with E-state index in [0.29, 0.717) is 11.4 Å². The van der Waals surface area contributed by atoms with Crippen LogP contribution in [0.1, 0.15) is 12.5 Å². The molecule has 0 bridgehead atoms. The second kappa shape index (κ2) is 6.21. The molecule has 0 spiro atoms. The van der Waals surface area contributed by atoms with Gasteiger partial charge in [0, 0.05) is 11.0 Å². The Labute approximate surface area is 120 Å². The first-order valence-corrected chi connectivity index (χ1v) is 6.70. The lowest BCUT2D eigenvalue weighted by atomic mass is 10.2. The third kappa shape index (κ3) is 3.46. The van der Waals surface area contributed by atoms with Crippen molar-refractivity contribution in [2.45, 2.75) is 6.92 Å². The third-order valence-electron chi connectivity index (χ3n) is 2.47. The summed E-state index contributed by atoms with van der Waals surface area (Å²) in [5, 5.41) is 15.4. The highest BCUT2D eigenvalue weighted by Crippen LogP contribution is 2.24. The first-order chi connectivity index (χ1) is 9.22. The van der Waals surface area contributed by atoms with Crippen molar-refractivity contribution in [3.05, 3.63) is 46.4 Å². The van der Waals surface area contributed by atoms with Crippen molar-refractivity contribution in [1.29, 1.82) is 5.26 Å². The number of aromatic nitrogens is 1. The number of hydrogen-bond donors (Lipinski definition) is 2. The lowest BCUT2D eigenvalue weighted by Gasteiger charge is -2.09. The van der Waals surface area contributed by atoms with Crippen LogP contribution in [0.2, 0.25) is 0 Å². The number of hydrogen-bond acceptors (Lipinski definition) is 4. The van der Waals surface area contributed by atoms with Crippen molar-refractivity contribution in [3.8, 4) is 6.07 Å². The molecule has 19 heavy (non-hydrogen) atoms. The molecule has 4 nitrogen and oxygen atoms in total. The molecule has 0 atom stereocenters. The van der Waals surface area contributed by atoms with Crippen molar-refractivity contribution < 1.29 is 0 Å². The summed E-state index contributed by atoms with van der Waals surface area (Å²) >= 11 is 3.40. The standard InChI is InChI=1S/C14H13BrN4/c1-2-17-13-4-3-5-14(19-13)18-12-8-11(15)7-6-10(12)9-16/h3-8H,2H2,1H3,(H2,17,18,19). The Hall–Kier alpha value is -2.06. The average Bonchev–Trinajstić information content (AvgIpc) is 2.40. The van der Waals surface area contributed by atoms with Crippen molar-refractivity contribution in [2.75, 3.05) is 17.2 Å². The Kier molecular flexibility index (Phi) is 4.37. The van der Waals surface area contributed by atoms with Gasteiger partial charge >= 0.3 is 0 Å². The van der Waals surface area contributed by atoms with E-state index in [1.165, 1.54) is 0 Å². The van der Waals surface area contributed by atoms with Gasteiger partial charge in [-0.2, -0.15) is 5.26 Å². The predicted molar refractivity (Wildman–Crippen MR) is 80.5 cm³/mol. The van der Waals surface area contributed by atoms with Gasteiger partial charge in [0.15, 0.2) is 0 Å². The minimum absolute atomic E-state index is 0.582. The predicted octanol–water partition coefficient (Wildman–Crippen LogP) is 3.89. The van der Waals surface area contributed by atoms with Crippen LogP contribution in [0.15, 0.2) is 40.9 Å². The molecule has 1 aromatic carbocycles. The lowest BCUT2D eigenvalue weighted by Crippen LogP contribution is -2.02. The SMILES string of the molecule is CCNc1cccc(Nc2cc(Br)ccc2C#N)n1. The van der Waals surface area contributed by atoms with Gasteiger partial charge in [0.2, 0.25) is 0 Å². The van der Waals surface area contributed by atoms with Gasteiger partial charge in [-0.05, 0) is 37.3 Å². The molecule has 0 aliphatic heterocycles. The molecule has 2 aromatic rings. The molecule has 0 fully saturated rings. The number of rotatable bonds is 4. The molecule has 0 saturated carbocycles. The Morgan fingerprint density at radius 2 is 2.05 bits per heavy atom. The fourth-order valence-corrected chi connectivity index (χ4v) is 2.00. The summed E-state index contributed by atoms with van der Waals surface area (Å²) < 4.78 is 0.914. The summed E-state index contributed by atoms with van der Waals surface area (Å²) in [4.78, 5) is 4.42. The fourth-order valence-electron chi connectivity index (χ4n) is 1.64. The molecule has 96 valence electrons. The molecule has 2 N–H and O–H groups in total. The van der Waals surface area contributed by atoms with Crippen LogP contribution in [0.25, 0.3) is 0 Å². The lowest BCUT2D eigenvalue weighted by molar-refractivity contribution is 1.16. The molecule has 0 amide bonds. The Balaban J connectivity index is 2.28. The Morgan fingerprint density at radius 1 is 1.26 bits per heavy atom. The number of nitrogens with one attached hydrogen (secondary N) is 2. The molecule has 0 unspecified atom stereocenters. The Morgan fingerprint density at radius 3 is 2.79 bits per heavy atom. The number of halogens is 1. The van der Waals surface area contributed by atoms with E-state index in [1.54, 1.807) is 6.07 Å². The summed E-state index contributed by atoms with van der Waals surface area (Å²) in [6.07, 6.45) is 0. The van der Waals surface area contributed by atoms with Crippen molar-refractivity contribution in [1.82, 2.24) is 4.98 Å². The van der Waals surface area contributed by atoms with Gasteiger partial charge in [-0.25, -0.2) is 4.98 Å². The smallest absolute Gasteiger partial charge is 0.132 e. The van der Waals surface area contributed by atoms with Crippen LogP contribution >= 0.6 is 15.9 Å². The average molecular weight is 317 g/mol. The quantitative estimate of drug-likeness (QED) is 0.898. The van der Waals surface area contributed by atoms with E-state index in [-0.39, 0.29) is 0 Å². The van der Waals surface area contributed by atoms with Gasteiger partial charge < -0.3 is 10.6 Å². The zero-order chi connectivity index (χ0) is 13.7. The van der Waals surface area contributed by atoms with Crippen LogP contribution in [-0.2, 0) is 0 Å². The van der Waals surface area contributed by atoms with Crippen molar-refractivity contribution >= 4 is 33.3 Å². The van der Waals surface area contributed by atoms with Gasteiger partial charge in [0.25, 0.3) is 0 Å². The van der Waals surface area contributed by atoms with Gasteiger partial charge in [-0.3, -0.25) is 0 Å². The molecule has 0 aliphatic rings. The van der Waals surface area contributed by atoms with E-state index in [2.05, 4.69) is 37.6 Å². The van der Waals surface area contributed by atoms with E-state index in [4.69, 9.17) is 5.26 Å². The van der Waals surface area contributed by atoms with Crippen LogP contribution in [0.5, 0.6) is 0 Å². The molecule has 2 rings (SSSR count). The highest BCUT2D eigenvalue weighted by Gasteiger charge is 2.04. The first kappa shape index (κ1) is 13.4. The van der Waals surface area contributed by atoms with E-state index in [1.807, 2.05) is 37.3 Å². The normalized spacial score (nSPS) is 9.74. The number of nitriles is 1. The number of nitrogens with zero attached hydrogens (tertiary/aromatic N) is 2. The highest BCUT2D eigenvalue weighted by atomic mass is 79.9. The highest BCUT2D eigenvalue weighted by molar-refractivity contribution is 9.10. The maximum Gasteiger partial charge on any atom is 0.132 e. The number of pyridine rings is 1. The second-order valence-corrected chi connectivity index (χ2v) is 4.78. The summed E-state index contributed by atoms with van der Waals surface area (Å²) in [5.41, 5.74) is 1.32. The minimum atomic E-state index is 0.582. The maximum absolute atomic E-state index is 9.09. The molecule has 1 aromatic heterocycles. The van der Waals surface area contributed by atoms with Gasteiger partial charge in [-0.1, -0.05) is 22.0 Å². The van der Waals surface area contributed by atoms with Crippen LogP contribution in [0.4, 0.5) is 17.3 Å².